The van der Waals surface area contributed by atoms with Gasteiger partial charge in [-0.15, -0.1) is 0 Å². The van der Waals surface area contributed by atoms with E-state index in [-0.39, 0.29) is 12.2 Å². The fourth-order valence-electron chi connectivity index (χ4n) is 4.13. The maximum Gasteiger partial charge on any atom is 0.296 e. The van der Waals surface area contributed by atoms with Gasteiger partial charge in [-0.05, 0) is 54.5 Å². The van der Waals surface area contributed by atoms with Crippen LogP contribution in [-0.4, -0.2) is 41.0 Å². The molecule has 1 saturated heterocycles. The molecule has 3 heterocycles. The summed E-state index contributed by atoms with van der Waals surface area (Å²) in [5, 5.41) is 0. The van der Waals surface area contributed by atoms with Crippen molar-refractivity contribution in [3.05, 3.63) is 47.8 Å². The first kappa shape index (κ1) is 17.6. The van der Waals surface area contributed by atoms with Gasteiger partial charge < -0.3 is 18.9 Å². The molecule has 0 radical (unpaired) electrons. The number of aromatic nitrogens is 1. The first-order chi connectivity index (χ1) is 13.0. The SMILES string of the molecule is Cn1cccc1C(=O)C(=O)N1CCC[C@](C)(Cc2ccc3c(c2)OCO3)C1. The van der Waals surface area contributed by atoms with Crippen LogP contribution in [0.15, 0.2) is 36.5 Å². The van der Waals surface area contributed by atoms with E-state index in [2.05, 4.69) is 13.0 Å². The Morgan fingerprint density at radius 2 is 2.00 bits per heavy atom. The summed E-state index contributed by atoms with van der Waals surface area (Å²) in [6, 6.07) is 9.47. The van der Waals surface area contributed by atoms with Gasteiger partial charge in [-0.25, -0.2) is 0 Å². The number of aryl methyl sites for hydroxylation is 1. The number of carbonyl (C=O) groups excluding carboxylic acids is 2. The molecule has 1 fully saturated rings. The van der Waals surface area contributed by atoms with E-state index in [0.717, 1.165) is 36.3 Å². The average molecular weight is 368 g/mol. The number of hydrogen-bond donors (Lipinski definition) is 0. The van der Waals surface area contributed by atoms with Crippen molar-refractivity contribution in [1.29, 1.82) is 0 Å². The first-order valence-corrected chi connectivity index (χ1v) is 9.29. The van der Waals surface area contributed by atoms with Crippen LogP contribution in [0.4, 0.5) is 0 Å². The number of ketones is 1. The van der Waals surface area contributed by atoms with Crippen LogP contribution in [-0.2, 0) is 18.3 Å². The van der Waals surface area contributed by atoms with Gasteiger partial charge in [0.15, 0.2) is 11.5 Å². The Labute approximate surface area is 158 Å². The normalized spacial score (nSPS) is 21.3. The van der Waals surface area contributed by atoms with Crippen LogP contribution >= 0.6 is 0 Å². The van der Waals surface area contributed by atoms with Crippen molar-refractivity contribution in [2.45, 2.75) is 26.2 Å². The van der Waals surface area contributed by atoms with Gasteiger partial charge in [-0.2, -0.15) is 0 Å². The highest BCUT2D eigenvalue weighted by Gasteiger charge is 2.36. The fraction of sp³-hybridized carbons (Fsp3) is 0.429. The molecule has 0 spiro atoms. The summed E-state index contributed by atoms with van der Waals surface area (Å²) < 4.78 is 12.5. The Kier molecular flexibility index (Phi) is 4.42. The average Bonchev–Trinajstić information content (AvgIpc) is 3.28. The number of fused-ring (bicyclic) bond motifs is 1. The molecule has 142 valence electrons. The number of carbonyl (C=O) groups is 2. The summed E-state index contributed by atoms with van der Waals surface area (Å²) in [5.41, 5.74) is 1.52. The van der Waals surface area contributed by atoms with Gasteiger partial charge in [-0.1, -0.05) is 13.0 Å². The number of Topliss-reactive ketones (excluding diaryl/α,β-unsaturated/α-hetero) is 1. The van der Waals surface area contributed by atoms with E-state index in [1.807, 2.05) is 12.1 Å². The molecule has 0 aliphatic carbocycles. The van der Waals surface area contributed by atoms with E-state index < -0.39 is 11.7 Å². The van der Waals surface area contributed by atoms with Crippen LogP contribution in [0.25, 0.3) is 0 Å². The quantitative estimate of drug-likeness (QED) is 0.615. The second kappa shape index (κ2) is 6.76. The van der Waals surface area contributed by atoms with Crippen molar-refractivity contribution in [2.24, 2.45) is 12.5 Å². The molecule has 1 atom stereocenters. The highest BCUT2D eigenvalue weighted by Crippen LogP contribution is 2.37. The zero-order chi connectivity index (χ0) is 19.0. The predicted molar refractivity (Wildman–Crippen MR) is 99.9 cm³/mol. The van der Waals surface area contributed by atoms with E-state index in [4.69, 9.17) is 9.47 Å². The van der Waals surface area contributed by atoms with Crippen LogP contribution in [0.3, 0.4) is 0 Å². The lowest BCUT2D eigenvalue weighted by atomic mass is 9.76. The molecular formula is C21H24N2O4. The third-order valence-electron chi connectivity index (χ3n) is 5.51. The molecule has 2 aromatic rings. The maximum absolute atomic E-state index is 12.8. The fourth-order valence-corrected chi connectivity index (χ4v) is 4.13. The summed E-state index contributed by atoms with van der Waals surface area (Å²) in [6.07, 6.45) is 4.52. The molecule has 6 heteroatoms. The van der Waals surface area contributed by atoms with Crippen LogP contribution in [0.1, 0.15) is 35.8 Å². The minimum Gasteiger partial charge on any atom is -0.454 e. The molecule has 1 amide bonds. The lowest BCUT2D eigenvalue weighted by molar-refractivity contribution is -0.129. The Bertz CT molecular complexity index is 888. The van der Waals surface area contributed by atoms with Crippen LogP contribution < -0.4 is 9.47 Å². The van der Waals surface area contributed by atoms with Gasteiger partial charge in [0.25, 0.3) is 11.7 Å². The van der Waals surface area contributed by atoms with E-state index in [1.165, 1.54) is 0 Å². The number of rotatable bonds is 4. The van der Waals surface area contributed by atoms with Crippen LogP contribution in [0.5, 0.6) is 11.5 Å². The van der Waals surface area contributed by atoms with Crippen molar-refractivity contribution < 1.29 is 19.1 Å². The zero-order valence-electron chi connectivity index (χ0n) is 15.7. The van der Waals surface area contributed by atoms with Crippen molar-refractivity contribution in [3.63, 3.8) is 0 Å². The van der Waals surface area contributed by atoms with E-state index in [9.17, 15) is 9.59 Å². The van der Waals surface area contributed by atoms with E-state index in [0.29, 0.717) is 18.8 Å². The summed E-state index contributed by atoms with van der Waals surface area (Å²) in [6.45, 7) is 3.66. The van der Waals surface area contributed by atoms with Crippen molar-refractivity contribution >= 4 is 11.7 Å². The van der Waals surface area contributed by atoms with Gasteiger partial charge in [0.2, 0.25) is 6.79 Å². The lowest BCUT2D eigenvalue weighted by Crippen LogP contribution is -2.48. The number of hydrogen-bond acceptors (Lipinski definition) is 4. The Balaban J connectivity index is 1.47. The summed E-state index contributed by atoms with van der Waals surface area (Å²) >= 11 is 0. The molecule has 27 heavy (non-hydrogen) atoms. The van der Waals surface area contributed by atoms with Crippen molar-refractivity contribution in [2.75, 3.05) is 19.9 Å². The van der Waals surface area contributed by atoms with E-state index >= 15 is 0 Å². The third-order valence-corrected chi connectivity index (χ3v) is 5.51. The topological polar surface area (TPSA) is 60.8 Å². The molecule has 0 N–H and O–H groups in total. The first-order valence-electron chi connectivity index (χ1n) is 9.29. The molecular weight excluding hydrogens is 344 g/mol. The molecule has 4 rings (SSSR count). The number of likely N-dealkylation sites (tertiary alicyclic amines) is 1. The Morgan fingerprint density at radius 1 is 1.19 bits per heavy atom. The second-order valence-electron chi connectivity index (χ2n) is 7.84. The largest absolute Gasteiger partial charge is 0.454 e. The molecule has 6 nitrogen and oxygen atoms in total. The summed E-state index contributed by atoms with van der Waals surface area (Å²) in [4.78, 5) is 27.1. The lowest BCUT2D eigenvalue weighted by Gasteiger charge is -2.40. The highest BCUT2D eigenvalue weighted by atomic mass is 16.7. The molecule has 0 unspecified atom stereocenters. The number of piperidine rings is 1. The number of nitrogens with zero attached hydrogens (tertiary/aromatic N) is 2. The van der Waals surface area contributed by atoms with Crippen molar-refractivity contribution in [3.8, 4) is 11.5 Å². The van der Waals surface area contributed by atoms with Gasteiger partial charge in [0, 0.05) is 26.3 Å². The summed E-state index contributed by atoms with van der Waals surface area (Å²) in [5.74, 6) is 0.708. The zero-order valence-corrected chi connectivity index (χ0v) is 15.7. The molecule has 1 aromatic carbocycles. The van der Waals surface area contributed by atoms with Crippen LogP contribution in [0.2, 0.25) is 0 Å². The van der Waals surface area contributed by atoms with Gasteiger partial charge >= 0.3 is 0 Å². The molecule has 0 bridgehead atoms. The van der Waals surface area contributed by atoms with Crippen LogP contribution in [0, 0.1) is 5.41 Å². The number of amides is 1. The van der Waals surface area contributed by atoms with E-state index in [1.54, 1.807) is 34.8 Å². The standard InChI is InChI=1S/C21H24N2O4/c1-21(12-15-6-7-17-18(11-15)27-14-26-17)8-4-10-23(13-21)20(25)19(24)16-5-3-9-22(16)2/h3,5-7,9,11H,4,8,10,12-14H2,1-2H3/t21-/m1/s1. The smallest absolute Gasteiger partial charge is 0.296 e. The Hall–Kier alpha value is -2.76. The molecule has 0 saturated carbocycles. The van der Waals surface area contributed by atoms with Gasteiger partial charge in [0.05, 0.1) is 5.69 Å². The number of ether oxygens (including phenoxy) is 2. The minimum absolute atomic E-state index is 0.0733. The molecule has 2 aliphatic heterocycles. The Morgan fingerprint density at radius 3 is 2.78 bits per heavy atom. The second-order valence-corrected chi connectivity index (χ2v) is 7.84. The monoisotopic (exact) mass is 368 g/mol. The highest BCUT2D eigenvalue weighted by molar-refractivity contribution is 6.42. The third kappa shape index (κ3) is 3.44. The minimum atomic E-state index is -0.435. The van der Waals surface area contributed by atoms with Crippen molar-refractivity contribution in [1.82, 2.24) is 9.47 Å². The molecule has 1 aromatic heterocycles. The van der Waals surface area contributed by atoms with Gasteiger partial charge in [0.1, 0.15) is 0 Å². The maximum atomic E-state index is 12.8. The predicted octanol–water partition coefficient (Wildman–Crippen LogP) is 2.81. The van der Waals surface area contributed by atoms with Gasteiger partial charge in [-0.3, -0.25) is 9.59 Å². The summed E-state index contributed by atoms with van der Waals surface area (Å²) in [7, 11) is 1.78. The molecule has 2 aliphatic rings. The number of benzene rings is 1.